The van der Waals surface area contributed by atoms with E-state index in [0.29, 0.717) is 0 Å². The second-order valence-electron chi connectivity index (χ2n) is 6.50. The second kappa shape index (κ2) is 5.94. The van der Waals surface area contributed by atoms with Crippen LogP contribution in [0.25, 0.3) is 0 Å². The van der Waals surface area contributed by atoms with Crippen molar-refractivity contribution in [2.75, 3.05) is 0 Å². The van der Waals surface area contributed by atoms with Gasteiger partial charge in [0.15, 0.2) is 0 Å². The lowest BCUT2D eigenvalue weighted by Crippen LogP contribution is -2.43. The van der Waals surface area contributed by atoms with E-state index >= 15 is 0 Å². The predicted octanol–water partition coefficient (Wildman–Crippen LogP) is 4.45. The summed E-state index contributed by atoms with van der Waals surface area (Å²) in [6.45, 7) is 7.92. The van der Waals surface area contributed by atoms with Gasteiger partial charge in [-0.05, 0) is 57.7 Å². The molecule has 1 amide bonds. The van der Waals surface area contributed by atoms with Gasteiger partial charge in [0.05, 0.1) is 5.56 Å². The maximum absolute atomic E-state index is 12.6. The summed E-state index contributed by atoms with van der Waals surface area (Å²) in [5.74, 6) is 0.0613. The Balaban J connectivity index is 2.07. The highest BCUT2D eigenvalue weighted by Gasteiger charge is 2.46. The number of halogens is 3. The Labute approximate surface area is 129 Å². The van der Waals surface area contributed by atoms with Crippen molar-refractivity contribution in [3.05, 3.63) is 35.4 Å². The van der Waals surface area contributed by atoms with Crippen molar-refractivity contribution in [1.82, 2.24) is 4.90 Å². The van der Waals surface area contributed by atoms with E-state index in [1.165, 1.54) is 12.1 Å². The van der Waals surface area contributed by atoms with Crippen LogP contribution in [0.3, 0.4) is 0 Å². The maximum Gasteiger partial charge on any atom is 0.416 e. The van der Waals surface area contributed by atoms with Gasteiger partial charge in [0, 0.05) is 18.0 Å². The van der Waals surface area contributed by atoms with Crippen molar-refractivity contribution < 1.29 is 18.0 Å². The molecule has 0 spiro atoms. The van der Waals surface area contributed by atoms with Crippen LogP contribution in [-0.4, -0.2) is 22.9 Å². The Morgan fingerprint density at radius 1 is 1.09 bits per heavy atom. The molecule has 1 saturated carbocycles. The van der Waals surface area contributed by atoms with Gasteiger partial charge in [-0.3, -0.25) is 4.79 Å². The largest absolute Gasteiger partial charge is 0.416 e. The second-order valence-corrected chi connectivity index (χ2v) is 6.50. The molecule has 1 aromatic rings. The van der Waals surface area contributed by atoms with Crippen LogP contribution in [-0.2, 0) is 11.0 Å². The summed E-state index contributed by atoms with van der Waals surface area (Å²) in [4.78, 5) is 14.4. The molecule has 2 atom stereocenters. The summed E-state index contributed by atoms with van der Waals surface area (Å²) >= 11 is 0. The fourth-order valence-corrected chi connectivity index (χ4v) is 3.05. The van der Waals surface area contributed by atoms with Crippen LogP contribution in [0.1, 0.15) is 51.2 Å². The van der Waals surface area contributed by atoms with Crippen LogP contribution in [0.15, 0.2) is 24.3 Å². The molecule has 1 aliphatic carbocycles. The average Bonchev–Trinajstić information content (AvgIpc) is 3.17. The first kappa shape index (κ1) is 16.8. The van der Waals surface area contributed by atoms with Gasteiger partial charge in [-0.1, -0.05) is 12.1 Å². The Bertz CT molecular complexity index is 526. The molecule has 0 aliphatic heterocycles. The van der Waals surface area contributed by atoms with Gasteiger partial charge in [0.25, 0.3) is 0 Å². The first-order valence-electron chi connectivity index (χ1n) is 7.62. The Morgan fingerprint density at radius 3 is 2.00 bits per heavy atom. The van der Waals surface area contributed by atoms with Crippen LogP contribution in [0.4, 0.5) is 13.2 Å². The summed E-state index contributed by atoms with van der Waals surface area (Å²) in [6.07, 6.45) is -3.59. The number of carbonyl (C=O) groups is 1. The van der Waals surface area contributed by atoms with Crippen molar-refractivity contribution in [3.63, 3.8) is 0 Å². The Hall–Kier alpha value is -1.52. The molecule has 5 heteroatoms. The highest BCUT2D eigenvalue weighted by Crippen LogP contribution is 2.49. The van der Waals surface area contributed by atoms with E-state index < -0.39 is 11.7 Å². The van der Waals surface area contributed by atoms with E-state index in [2.05, 4.69) is 0 Å². The van der Waals surface area contributed by atoms with Gasteiger partial charge >= 0.3 is 6.18 Å². The minimum atomic E-state index is -4.32. The summed E-state index contributed by atoms with van der Waals surface area (Å²) in [5.41, 5.74) is 0.171. The lowest BCUT2D eigenvalue weighted by molar-refractivity contribution is -0.138. The molecule has 0 heterocycles. The number of hydrogen-bond acceptors (Lipinski definition) is 1. The highest BCUT2D eigenvalue weighted by molar-refractivity contribution is 5.83. The number of nitrogens with zero attached hydrogens (tertiary/aromatic N) is 1. The molecular weight excluding hydrogens is 291 g/mol. The van der Waals surface area contributed by atoms with Gasteiger partial charge < -0.3 is 4.90 Å². The molecule has 0 aromatic heterocycles. The van der Waals surface area contributed by atoms with E-state index in [-0.39, 0.29) is 29.8 Å². The van der Waals surface area contributed by atoms with Crippen LogP contribution in [0.2, 0.25) is 0 Å². The molecule has 0 unspecified atom stereocenters. The van der Waals surface area contributed by atoms with E-state index in [1.807, 2.05) is 32.6 Å². The fourth-order valence-electron chi connectivity index (χ4n) is 3.05. The van der Waals surface area contributed by atoms with Gasteiger partial charge in [0.1, 0.15) is 0 Å². The minimum absolute atomic E-state index is 0.0507. The normalized spacial score (nSPS) is 21.3. The summed E-state index contributed by atoms with van der Waals surface area (Å²) in [5, 5.41) is 0. The molecule has 22 heavy (non-hydrogen) atoms. The number of benzene rings is 1. The third-order valence-electron chi connectivity index (χ3n) is 4.14. The first-order valence-corrected chi connectivity index (χ1v) is 7.62. The molecule has 0 saturated heterocycles. The zero-order chi connectivity index (χ0) is 16.7. The monoisotopic (exact) mass is 313 g/mol. The lowest BCUT2D eigenvalue weighted by atomic mass is 10.1. The smallest absolute Gasteiger partial charge is 0.338 e. The number of rotatable bonds is 4. The molecule has 1 fully saturated rings. The number of alkyl halides is 3. The topological polar surface area (TPSA) is 20.3 Å². The van der Waals surface area contributed by atoms with E-state index in [9.17, 15) is 18.0 Å². The van der Waals surface area contributed by atoms with E-state index in [0.717, 1.165) is 24.1 Å². The zero-order valence-electron chi connectivity index (χ0n) is 13.3. The fraction of sp³-hybridized carbons (Fsp3) is 0.588. The van der Waals surface area contributed by atoms with Gasteiger partial charge in [0.2, 0.25) is 5.91 Å². The van der Waals surface area contributed by atoms with Gasteiger partial charge in [-0.2, -0.15) is 13.2 Å². The SMILES string of the molecule is CC(C)N(C(=O)[C@@H]1C[C@H]1c1ccc(C(F)(F)F)cc1)C(C)C. The van der Waals surface area contributed by atoms with Crippen molar-refractivity contribution in [2.45, 2.75) is 58.3 Å². The third-order valence-corrected chi connectivity index (χ3v) is 4.14. The van der Waals surface area contributed by atoms with Crippen molar-refractivity contribution in [1.29, 1.82) is 0 Å². The molecule has 1 aliphatic rings. The van der Waals surface area contributed by atoms with Gasteiger partial charge in [-0.25, -0.2) is 0 Å². The molecule has 122 valence electrons. The lowest BCUT2D eigenvalue weighted by Gasteiger charge is -2.31. The van der Waals surface area contributed by atoms with E-state index in [4.69, 9.17) is 0 Å². The third kappa shape index (κ3) is 3.45. The van der Waals surface area contributed by atoms with E-state index in [1.54, 1.807) is 0 Å². The number of hydrogen-bond donors (Lipinski definition) is 0. The Morgan fingerprint density at radius 2 is 1.59 bits per heavy atom. The molecule has 2 nitrogen and oxygen atoms in total. The standard InChI is InChI=1S/C17H22F3NO/c1-10(2)21(11(3)4)16(22)15-9-14(15)12-5-7-13(8-6-12)17(18,19)20/h5-8,10-11,14-15H,9H2,1-4H3/t14-,15+/m0/s1. The molecular formula is C17H22F3NO. The minimum Gasteiger partial charge on any atom is -0.338 e. The molecule has 0 bridgehead atoms. The summed E-state index contributed by atoms with van der Waals surface area (Å²) in [6, 6.07) is 5.43. The van der Waals surface area contributed by atoms with Crippen LogP contribution < -0.4 is 0 Å². The van der Waals surface area contributed by atoms with Crippen molar-refractivity contribution in [3.8, 4) is 0 Å². The first-order chi connectivity index (χ1) is 10.1. The van der Waals surface area contributed by atoms with Crippen molar-refractivity contribution in [2.24, 2.45) is 5.92 Å². The quantitative estimate of drug-likeness (QED) is 0.804. The highest BCUT2D eigenvalue weighted by atomic mass is 19.4. The Kier molecular flexibility index (Phi) is 4.54. The summed E-state index contributed by atoms with van der Waals surface area (Å²) in [7, 11) is 0. The maximum atomic E-state index is 12.6. The number of carbonyl (C=O) groups excluding carboxylic acids is 1. The number of amides is 1. The average molecular weight is 313 g/mol. The van der Waals surface area contributed by atoms with Crippen molar-refractivity contribution >= 4 is 5.91 Å². The molecule has 2 rings (SSSR count). The zero-order valence-corrected chi connectivity index (χ0v) is 13.3. The van der Waals surface area contributed by atoms with Crippen LogP contribution in [0.5, 0.6) is 0 Å². The van der Waals surface area contributed by atoms with Crippen LogP contribution in [0, 0.1) is 5.92 Å². The summed E-state index contributed by atoms with van der Waals surface area (Å²) < 4.78 is 37.7. The van der Waals surface area contributed by atoms with Gasteiger partial charge in [-0.15, -0.1) is 0 Å². The van der Waals surface area contributed by atoms with Crippen LogP contribution >= 0.6 is 0 Å². The molecule has 0 N–H and O–H groups in total. The predicted molar refractivity (Wildman–Crippen MR) is 79.4 cm³/mol. The molecule has 1 aromatic carbocycles. The molecule has 0 radical (unpaired) electrons.